The lowest BCUT2D eigenvalue weighted by Gasteiger charge is -2.28. The van der Waals surface area contributed by atoms with Crippen molar-refractivity contribution in [3.63, 3.8) is 0 Å². The number of carboxylic acids is 1. The maximum Gasteiger partial charge on any atom is 0.305 e. The van der Waals surface area contributed by atoms with Crippen molar-refractivity contribution in [2.24, 2.45) is 5.73 Å². The van der Waals surface area contributed by atoms with E-state index in [0.29, 0.717) is 23.6 Å². The number of pyridine rings is 1. The molecule has 1 rings (SSSR count). The summed E-state index contributed by atoms with van der Waals surface area (Å²) in [6, 6.07) is 3.00. The van der Waals surface area contributed by atoms with Crippen LogP contribution in [-0.4, -0.2) is 34.6 Å². The minimum atomic E-state index is -0.867. The van der Waals surface area contributed by atoms with Crippen LogP contribution in [0.4, 0.5) is 5.82 Å². The number of carbonyl (C=O) groups excluding carboxylic acids is 1. The first kappa shape index (κ1) is 14.9. The van der Waals surface area contributed by atoms with Crippen LogP contribution in [0.1, 0.15) is 36.3 Å². The van der Waals surface area contributed by atoms with E-state index in [1.807, 2.05) is 18.7 Å². The van der Waals surface area contributed by atoms with E-state index >= 15 is 0 Å². The van der Waals surface area contributed by atoms with Crippen LogP contribution in [0.3, 0.4) is 0 Å². The average Bonchev–Trinajstić information content (AvgIpc) is 2.27. The molecule has 1 atom stereocenters. The first-order valence-corrected chi connectivity index (χ1v) is 6.12. The Balaban J connectivity index is 3.10. The van der Waals surface area contributed by atoms with Crippen LogP contribution in [0, 0.1) is 6.92 Å². The molecular formula is C13H19N3O3. The van der Waals surface area contributed by atoms with E-state index < -0.39 is 11.9 Å². The Morgan fingerprint density at radius 2 is 2.11 bits per heavy atom. The highest BCUT2D eigenvalue weighted by molar-refractivity contribution is 5.93. The molecule has 0 spiro atoms. The van der Waals surface area contributed by atoms with Gasteiger partial charge in [-0.3, -0.25) is 9.59 Å². The van der Waals surface area contributed by atoms with Crippen molar-refractivity contribution in [3.05, 3.63) is 23.4 Å². The SMILES string of the molecule is CCN(c1cc(C(N)=O)cc(C)n1)C(C)CC(=O)O. The molecule has 0 fully saturated rings. The molecule has 3 N–H and O–H groups in total. The van der Waals surface area contributed by atoms with Crippen molar-refractivity contribution < 1.29 is 14.7 Å². The lowest BCUT2D eigenvalue weighted by atomic mass is 10.1. The van der Waals surface area contributed by atoms with Gasteiger partial charge in [0.15, 0.2) is 0 Å². The second-order valence-electron chi connectivity index (χ2n) is 4.45. The van der Waals surface area contributed by atoms with E-state index in [9.17, 15) is 9.59 Å². The lowest BCUT2D eigenvalue weighted by Crippen LogP contribution is -2.35. The third kappa shape index (κ3) is 3.94. The molecule has 1 amide bonds. The second kappa shape index (κ2) is 6.17. The van der Waals surface area contributed by atoms with Crippen LogP contribution in [0.25, 0.3) is 0 Å². The van der Waals surface area contributed by atoms with E-state index in [1.165, 1.54) is 0 Å². The molecule has 6 heteroatoms. The highest BCUT2D eigenvalue weighted by atomic mass is 16.4. The number of aryl methyl sites for hydroxylation is 1. The summed E-state index contributed by atoms with van der Waals surface area (Å²) in [6.45, 7) is 6.09. The first-order chi connectivity index (χ1) is 8.85. The number of nitrogens with two attached hydrogens (primary N) is 1. The molecule has 0 radical (unpaired) electrons. The summed E-state index contributed by atoms with van der Waals surface area (Å²) in [4.78, 5) is 28.2. The van der Waals surface area contributed by atoms with Crippen molar-refractivity contribution in [1.82, 2.24) is 4.98 Å². The molecule has 0 aliphatic carbocycles. The maximum atomic E-state index is 11.2. The van der Waals surface area contributed by atoms with Crippen molar-refractivity contribution in [2.75, 3.05) is 11.4 Å². The highest BCUT2D eigenvalue weighted by Crippen LogP contribution is 2.18. The van der Waals surface area contributed by atoms with Gasteiger partial charge in [-0.2, -0.15) is 0 Å². The summed E-state index contributed by atoms with van der Waals surface area (Å²) in [5.74, 6) is -0.813. The molecule has 0 bridgehead atoms. The van der Waals surface area contributed by atoms with Crippen LogP contribution < -0.4 is 10.6 Å². The Morgan fingerprint density at radius 3 is 2.58 bits per heavy atom. The predicted molar refractivity (Wildman–Crippen MR) is 72.2 cm³/mol. The van der Waals surface area contributed by atoms with E-state index in [1.54, 1.807) is 19.1 Å². The minimum Gasteiger partial charge on any atom is -0.481 e. The number of amides is 1. The van der Waals surface area contributed by atoms with Gasteiger partial charge in [-0.25, -0.2) is 4.98 Å². The third-order valence-electron chi connectivity index (χ3n) is 2.86. The summed E-state index contributed by atoms with van der Waals surface area (Å²) in [7, 11) is 0. The molecule has 0 saturated heterocycles. The van der Waals surface area contributed by atoms with Gasteiger partial charge in [0.2, 0.25) is 5.91 Å². The van der Waals surface area contributed by atoms with Gasteiger partial charge in [-0.15, -0.1) is 0 Å². The van der Waals surface area contributed by atoms with Crippen molar-refractivity contribution in [1.29, 1.82) is 0 Å². The fourth-order valence-electron chi connectivity index (χ4n) is 2.00. The van der Waals surface area contributed by atoms with E-state index in [2.05, 4.69) is 4.98 Å². The summed E-state index contributed by atoms with van der Waals surface area (Å²) in [5.41, 5.74) is 6.32. The summed E-state index contributed by atoms with van der Waals surface area (Å²) >= 11 is 0. The number of hydrogen-bond acceptors (Lipinski definition) is 4. The van der Waals surface area contributed by atoms with Gasteiger partial charge < -0.3 is 15.7 Å². The Labute approximate surface area is 112 Å². The first-order valence-electron chi connectivity index (χ1n) is 6.12. The molecule has 1 heterocycles. The van der Waals surface area contributed by atoms with E-state index in [4.69, 9.17) is 10.8 Å². The van der Waals surface area contributed by atoms with Gasteiger partial charge in [0.25, 0.3) is 0 Å². The topological polar surface area (TPSA) is 96.5 Å². The zero-order valence-electron chi connectivity index (χ0n) is 11.4. The van der Waals surface area contributed by atoms with Crippen LogP contribution in [0.15, 0.2) is 12.1 Å². The number of anilines is 1. The number of hydrogen-bond donors (Lipinski definition) is 2. The average molecular weight is 265 g/mol. The molecule has 6 nitrogen and oxygen atoms in total. The van der Waals surface area contributed by atoms with Crippen molar-refractivity contribution in [2.45, 2.75) is 33.2 Å². The fraction of sp³-hybridized carbons (Fsp3) is 0.462. The monoisotopic (exact) mass is 265 g/mol. The van der Waals surface area contributed by atoms with Gasteiger partial charge in [-0.05, 0) is 32.9 Å². The smallest absolute Gasteiger partial charge is 0.305 e. The molecule has 104 valence electrons. The van der Waals surface area contributed by atoms with Gasteiger partial charge in [0, 0.05) is 23.8 Å². The maximum absolute atomic E-state index is 11.2. The molecule has 0 saturated carbocycles. The molecule has 1 unspecified atom stereocenters. The number of primary amides is 1. The fourth-order valence-corrected chi connectivity index (χ4v) is 2.00. The zero-order chi connectivity index (χ0) is 14.6. The van der Waals surface area contributed by atoms with Crippen LogP contribution in [-0.2, 0) is 4.79 Å². The number of nitrogens with zero attached hydrogens (tertiary/aromatic N) is 2. The lowest BCUT2D eigenvalue weighted by molar-refractivity contribution is -0.137. The van der Waals surface area contributed by atoms with Crippen LogP contribution in [0.5, 0.6) is 0 Å². The number of carbonyl (C=O) groups is 2. The second-order valence-corrected chi connectivity index (χ2v) is 4.45. The standard InChI is InChI=1S/C13H19N3O3/c1-4-16(9(3)6-12(17)18)11-7-10(13(14)19)5-8(2)15-11/h5,7,9H,4,6H2,1-3H3,(H2,14,19)(H,17,18). The van der Waals surface area contributed by atoms with Gasteiger partial charge in [-0.1, -0.05) is 0 Å². The molecule has 1 aromatic heterocycles. The van der Waals surface area contributed by atoms with Gasteiger partial charge >= 0.3 is 5.97 Å². The van der Waals surface area contributed by atoms with Crippen LogP contribution >= 0.6 is 0 Å². The van der Waals surface area contributed by atoms with Gasteiger partial charge in [0.1, 0.15) is 5.82 Å². The summed E-state index contributed by atoms with van der Waals surface area (Å²) < 4.78 is 0. The Hall–Kier alpha value is -2.11. The molecule has 19 heavy (non-hydrogen) atoms. The molecular weight excluding hydrogens is 246 g/mol. The van der Waals surface area contributed by atoms with E-state index in [0.717, 1.165) is 0 Å². The third-order valence-corrected chi connectivity index (χ3v) is 2.86. The number of rotatable bonds is 6. The normalized spacial score (nSPS) is 11.9. The summed E-state index contributed by atoms with van der Waals surface area (Å²) in [6.07, 6.45) is 0.00929. The largest absolute Gasteiger partial charge is 0.481 e. The molecule has 1 aromatic rings. The Morgan fingerprint density at radius 1 is 1.47 bits per heavy atom. The van der Waals surface area contributed by atoms with Crippen LogP contribution in [0.2, 0.25) is 0 Å². The zero-order valence-corrected chi connectivity index (χ0v) is 11.4. The molecule has 0 aliphatic heterocycles. The van der Waals surface area contributed by atoms with Crippen molar-refractivity contribution >= 4 is 17.7 Å². The predicted octanol–water partition coefficient (Wildman–Crippen LogP) is 1.18. The van der Waals surface area contributed by atoms with E-state index in [-0.39, 0.29) is 12.5 Å². The molecule has 0 aliphatic rings. The Bertz CT molecular complexity index is 488. The number of carboxylic acid groups (broad SMARTS) is 1. The van der Waals surface area contributed by atoms with Crippen molar-refractivity contribution in [3.8, 4) is 0 Å². The quantitative estimate of drug-likeness (QED) is 0.805. The number of aliphatic carboxylic acids is 1. The minimum absolute atomic E-state index is 0.00929. The molecule has 0 aromatic carbocycles. The Kier molecular flexibility index (Phi) is 4.86. The highest BCUT2D eigenvalue weighted by Gasteiger charge is 2.18. The van der Waals surface area contributed by atoms with Gasteiger partial charge in [0.05, 0.1) is 6.42 Å². The number of aromatic nitrogens is 1. The summed E-state index contributed by atoms with van der Waals surface area (Å²) in [5, 5.41) is 8.85.